The van der Waals surface area contributed by atoms with Gasteiger partial charge in [0.2, 0.25) is 0 Å². The van der Waals surface area contributed by atoms with Crippen LogP contribution in [0.3, 0.4) is 0 Å². The van der Waals surface area contributed by atoms with Crippen LogP contribution in [0, 0.1) is 11.8 Å². The van der Waals surface area contributed by atoms with Crippen LogP contribution in [0.2, 0.25) is 0 Å². The highest BCUT2D eigenvalue weighted by Gasteiger charge is 2.32. The summed E-state index contributed by atoms with van der Waals surface area (Å²) in [6.45, 7) is 0.126. The molecule has 1 aliphatic heterocycles. The maximum absolute atomic E-state index is 11.2. The third-order valence-corrected chi connectivity index (χ3v) is 5.30. The van der Waals surface area contributed by atoms with Crippen molar-refractivity contribution in [3.8, 4) is 0 Å². The van der Waals surface area contributed by atoms with Crippen LogP contribution in [-0.2, 0) is 9.84 Å². The molecule has 5 heteroatoms. The molecule has 0 radical (unpaired) electrons. The molecule has 1 fully saturated rings. The lowest BCUT2D eigenvalue weighted by atomic mass is 9.90. The Balaban J connectivity index is 2.46. The van der Waals surface area contributed by atoms with E-state index in [-0.39, 0.29) is 24.2 Å². The van der Waals surface area contributed by atoms with E-state index in [1.165, 1.54) is 0 Å². The lowest BCUT2D eigenvalue weighted by Gasteiger charge is -2.19. The van der Waals surface area contributed by atoms with Crippen molar-refractivity contribution in [2.75, 3.05) is 30.1 Å². The van der Waals surface area contributed by atoms with Crippen molar-refractivity contribution >= 4 is 21.6 Å². The minimum Gasteiger partial charge on any atom is -0.396 e. The van der Waals surface area contributed by atoms with Crippen molar-refractivity contribution in [3.05, 3.63) is 0 Å². The highest BCUT2D eigenvalue weighted by Crippen LogP contribution is 2.28. The smallest absolute Gasteiger partial charge is 0.150 e. The summed E-state index contributed by atoms with van der Waals surface area (Å²) in [7, 11) is -2.79. The molecule has 2 unspecified atom stereocenters. The molecular weight excluding hydrogens is 220 g/mol. The fourth-order valence-electron chi connectivity index (χ4n) is 1.94. The third kappa shape index (κ3) is 3.44. The molecule has 2 atom stereocenters. The van der Waals surface area contributed by atoms with Crippen LogP contribution < -0.4 is 0 Å². The Bertz CT molecular complexity index is 261. The van der Waals surface area contributed by atoms with Crippen molar-refractivity contribution in [2.24, 2.45) is 11.8 Å². The second-order valence-corrected chi connectivity index (χ2v) is 7.10. The summed E-state index contributed by atoms with van der Waals surface area (Å²) in [5, 5.41) is 9.18. The molecule has 0 aliphatic carbocycles. The molecular formula is C9H18O3S2. The van der Waals surface area contributed by atoms with Gasteiger partial charge in [-0.1, -0.05) is 0 Å². The fourth-order valence-corrected chi connectivity index (χ4v) is 4.40. The standard InChI is InChI=1S/C9H18O3S2/c1-13-4-2-8(6-10)9-3-5-14(11,12)7-9/h8-10H,2-7H2,1H3. The van der Waals surface area contributed by atoms with Gasteiger partial charge >= 0.3 is 0 Å². The Morgan fingerprint density at radius 2 is 2.29 bits per heavy atom. The Labute approximate surface area is 90.2 Å². The quantitative estimate of drug-likeness (QED) is 0.769. The van der Waals surface area contributed by atoms with Crippen LogP contribution in [0.1, 0.15) is 12.8 Å². The first-order valence-electron chi connectivity index (χ1n) is 4.89. The summed E-state index contributed by atoms with van der Waals surface area (Å²) in [6.07, 6.45) is 3.69. The van der Waals surface area contributed by atoms with E-state index in [1.54, 1.807) is 11.8 Å². The topological polar surface area (TPSA) is 54.4 Å². The summed E-state index contributed by atoms with van der Waals surface area (Å²) in [4.78, 5) is 0. The molecule has 0 saturated carbocycles. The van der Waals surface area contributed by atoms with Gasteiger partial charge in [-0.15, -0.1) is 0 Å². The number of aliphatic hydroxyl groups excluding tert-OH is 1. The number of aliphatic hydroxyl groups is 1. The summed E-state index contributed by atoms with van der Waals surface area (Å²) >= 11 is 1.74. The average molecular weight is 238 g/mol. The zero-order valence-electron chi connectivity index (χ0n) is 8.48. The molecule has 0 aromatic heterocycles. The first kappa shape index (κ1) is 12.3. The van der Waals surface area contributed by atoms with Crippen molar-refractivity contribution in [3.63, 3.8) is 0 Å². The molecule has 1 aliphatic rings. The van der Waals surface area contributed by atoms with Crippen molar-refractivity contribution in [2.45, 2.75) is 12.8 Å². The second kappa shape index (κ2) is 5.37. The van der Waals surface area contributed by atoms with Crippen LogP contribution in [0.25, 0.3) is 0 Å². The van der Waals surface area contributed by atoms with E-state index in [0.29, 0.717) is 5.75 Å². The van der Waals surface area contributed by atoms with Gasteiger partial charge in [-0.3, -0.25) is 0 Å². The first-order valence-corrected chi connectivity index (χ1v) is 8.11. The minimum atomic E-state index is -2.79. The van der Waals surface area contributed by atoms with Crippen LogP contribution in [-0.4, -0.2) is 43.6 Å². The maximum atomic E-state index is 11.2. The van der Waals surface area contributed by atoms with Gasteiger partial charge in [0.1, 0.15) is 0 Å². The van der Waals surface area contributed by atoms with Gasteiger partial charge in [-0.05, 0) is 36.7 Å². The Morgan fingerprint density at radius 1 is 1.57 bits per heavy atom. The van der Waals surface area contributed by atoms with Crippen LogP contribution in [0.15, 0.2) is 0 Å². The molecule has 14 heavy (non-hydrogen) atoms. The largest absolute Gasteiger partial charge is 0.396 e. The lowest BCUT2D eigenvalue weighted by molar-refractivity contribution is 0.181. The molecule has 0 aromatic rings. The molecule has 84 valence electrons. The predicted octanol–water partition coefficient (Wildman–Crippen LogP) is 0.783. The van der Waals surface area contributed by atoms with Crippen molar-refractivity contribution in [1.29, 1.82) is 0 Å². The van der Waals surface area contributed by atoms with E-state index >= 15 is 0 Å². The Morgan fingerprint density at radius 3 is 2.71 bits per heavy atom. The van der Waals surface area contributed by atoms with E-state index in [4.69, 9.17) is 0 Å². The minimum absolute atomic E-state index is 0.126. The SMILES string of the molecule is CSCCC(CO)C1CCS(=O)(=O)C1. The molecule has 0 aromatic carbocycles. The number of hydrogen-bond acceptors (Lipinski definition) is 4. The molecule has 3 nitrogen and oxygen atoms in total. The highest BCUT2D eigenvalue weighted by molar-refractivity contribution is 7.98. The van der Waals surface area contributed by atoms with Gasteiger partial charge in [-0.2, -0.15) is 11.8 Å². The molecule has 1 N–H and O–H groups in total. The van der Waals surface area contributed by atoms with E-state index in [2.05, 4.69) is 0 Å². The summed E-state index contributed by atoms with van der Waals surface area (Å²) in [5.41, 5.74) is 0. The third-order valence-electron chi connectivity index (χ3n) is 2.86. The predicted molar refractivity (Wildman–Crippen MR) is 60.3 cm³/mol. The van der Waals surface area contributed by atoms with Gasteiger partial charge < -0.3 is 5.11 Å². The van der Waals surface area contributed by atoms with Crippen LogP contribution >= 0.6 is 11.8 Å². The maximum Gasteiger partial charge on any atom is 0.150 e. The highest BCUT2D eigenvalue weighted by atomic mass is 32.2. The number of rotatable bonds is 5. The zero-order valence-corrected chi connectivity index (χ0v) is 10.1. The van der Waals surface area contributed by atoms with Crippen LogP contribution in [0.5, 0.6) is 0 Å². The number of thioether (sulfide) groups is 1. The summed E-state index contributed by atoms with van der Waals surface area (Å²) < 4.78 is 22.5. The second-order valence-electron chi connectivity index (χ2n) is 3.89. The monoisotopic (exact) mass is 238 g/mol. The van der Waals surface area contributed by atoms with Gasteiger partial charge in [0.15, 0.2) is 9.84 Å². The van der Waals surface area contributed by atoms with Gasteiger partial charge in [0.05, 0.1) is 11.5 Å². The van der Waals surface area contributed by atoms with E-state index < -0.39 is 9.84 Å². The average Bonchev–Trinajstić information content (AvgIpc) is 2.48. The molecule has 1 heterocycles. The molecule has 0 amide bonds. The van der Waals surface area contributed by atoms with Crippen LogP contribution in [0.4, 0.5) is 0 Å². The van der Waals surface area contributed by atoms with Gasteiger partial charge in [0.25, 0.3) is 0 Å². The van der Waals surface area contributed by atoms with E-state index in [0.717, 1.165) is 18.6 Å². The first-order chi connectivity index (χ1) is 6.59. The van der Waals surface area contributed by atoms with E-state index in [9.17, 15) is 13.5 Å². The molecule has 0 bridgehead atoms. The van der Waals surface area contributed by atoms with Crippen molar-refractivity contribution in [1.82, 2.24) is 0 Å². The normalized spacial score (nSPS) is 27.7. The molecule has 1 saturated heterocycles. The van der Waals surface area contributed by atoms with Crippen molar-refractivity contribution < 1.29 is 13.5 Å². The Hall–Kier alpha value is 0.260. The Kier molecular flexibility index (Phi) is 4.73. The summed E-state index contributed by atoms with van der Waals surface area (Å²) in [6, 6.07) is 0. The number of hydrogen-bond donors (Lipinski definition) is 1. The zero-order chi connectivity index (χ0) is 10.6. The van der Waals surface area contributed by atoms with E-state index in [1.807, 2.05) is 6.26 Å². The van der Waals surface area contributed by atoms with Gasteiger partial charge in [0, 0.05) is 6.61 Å². The molecule has 1 rings (SSSR count). The molecule has 0 spiro atoms. The number of sulfone groups is 1. The lowest BCUT2D eigenvalue weighted by Crippen LogP contribution is -2.20. The van der Waals surface area contributed by atoms with Gasteiger partial charge in [-0.25, -0.2) is 8.42 Å². The summed E-state index contributed by atoms with van der Waals surface area (Å²) in [5.74, 6) is 1.97. The fraction of sp³-hybridized carbons (Fsp3) is 1.00.